The van der Waals surface area contributed by atoms with Crippen molar-refractivity contribution in [2.24, 2.45) is 5.73 Å². The second kappa shape index (κ2) is 4.39. The fourth-order valence-electron chi connectivity index (χ4n) is 0.622. The molecule has 0 aromatic heterocycles. The van der Waals surface area contributed by atoms with Crippen LogP contribution in [0.15, 0.2) is 12.3 Å². The summed E-state index contributed by atoms with van der Waals surface area (Å²) < 4.78 is 5.08. The third-order valence-corrected chi connectivity index (χ3v) is 0.898. The smallest absolute Gasteiger partial charge is 0.0903 e. The van der Waals surface area contributed by atoms with Gasteiger partial charge in [0.25, 0.3) is 0 Å². The summed E-state index contributed by atoms with van der Waals surface area (Å²) in [6.45, 7) is 8.24. The van der Waals surface area contributed by atoms with Crippen LogP contribution in [-0.2, 0) is 4.74 Å². The molecule has 0 spiro atoms. The molecule has 0 heterocycles. The van der Waals surface area contributed by atoms with Crippen LogP contribution in [0.3, 0.4) is 0 Å². The van der Waals surface area contributed by atoms with E-state index in [1.165, 1.54) is 0 Å². The van der Waals surface area contributed by atoms with Gasteiger partial charge in [-0.15, -0.1) is 0 Å². The fourth-order valence-corrected chi connectivity index (χ4v) is 0.622. The fraction of sp³-hybridized carbons (Fsp3) is 0.714. The molecule has 0 aliphatic rings. The summed E-state index contributed by atoms with van der Waals surface area (Å²) in [7, 11) is 0. The van der Waals surface area contributed by atoms with E-state index in [-0.39, 0.29) is 6.04 Å². The Balaban J connectivity index is 3.27. The Morgan fingerprint density at radius 2 is 2.33 bits per heavy atom. The predicted octanol–water partition coefficient (Wildman–Crippen LogP) is 1.27. The van der Waals surface area contributed by atoms with E-state index in [2.05, 4.69) is 6.58 Å². The van der Waals surface area contributed by atoms with Crippen molar-refractivity contribution in [1.82, 2.24) is 0 Å². The molecule has 0 aromatic rings. The molecule has 0 fully saturated rings. The number of rotatable bonds is 4. The molecule has 0 saturated carbocycles. The summed E-state index contributed by atoms with van der Waals surface area (Å²) in [5.74, 6) is 0.785. The Kier molecular flexibility index (Phi) is 4.14. The zero-order valence-electron chi connectivity index (χ0n) is 6.18. The molecule has 0 rings (SSSR count). The van der Waals surface area contributed by atoms with Gasteiger partial charge in [0, 0.05) is 12.5 Å². The average molecular weight is 129 g/mol. The quantitative estimate of drug-likeness (QED) is 0.580. The standard InChI is InChI=1S/C7H15NO/c1-4-9-7(3)5-6(2)8/h6H,3-5,8H2,1-2H3. The summed E-state index contributed by atoms with van der Waals surface area (Å²) in [5.41, 5.74) is 5.48. The van der Waals surface area contributed by atoms with Crippen LogP contribution in [-0.4, -0.2) is 12.6 Å². The molecule has 54 valence electrons. The first kappa shape index (κ1) is 8.50. The Bertz CT molecular complexity index is 88.9. The molecule has 0 radical (unpaired) electrons. The monoisotopic (exact) mass is 129 g/mol. The van der Waals surface area contributed by atoms with Crippen molar-refractivity contribution in [1.29, 1.82) is 0 Å². The lowest BCUT2D eigenvalue weighted by Gasteiger charge is -2.08. The first-order valence-electron chi connectivity index (χ1n) is 3.23. The normalized spacial score (nSPS) is 12.8. The molecule has 0 aliphatic carbocycles. The van der Waals surface area contributed by atoms with Crippen LogP contribution in [0.1, 0.15) is 20.3 Å². The van der Waals surface area contributed by atoms with E-state index in [0.29, 0.717) is 6.61 Å². The minimum absolute atomic E-state index is 0.157. The number of ether oxygens (including phenoxy) is 1. The molecule has 0 amide bonds. The van der Waals surface area contributed by atoms with E-state index in [4.69, 9.17) is 10.5 Å². The highest BCUT2D eigenvalue weighted by Crippen LogP contribution is 2.01. The van der Waals surface area contributed by atoms with Crippen molar-refractivity contribution in [2.45, 2.75) is 26.3 Å². The Morgan fingerprint density at radius 1 is 1.78 bits per heavy atom. The van der Waals surface area contributed by atoms with Crippen LogP contribution < -0.4 is 5.73 Å². The molecule has 2 nitrogen and oxygen atoms in total. The molecule has 0 bridgehead atoms. The lowest BCUT2D eigenvalue weighted by molar-refractivity contribution is 0.216. The predicted molar refractivity (Wildman–Crippen MR) is 39.0 cm³/mol. The van der Waals surface area contributed by atoms with Crippen LogP contribution in [0, 0.1) is 0 Å². The van der Waals surface area contributed by atoms with Crippen molar-refractivity contribution < 1.29 is 4.74 Å². The number of hydrogen-bond donors (Lipinski definition) is 1. The molecule has 1 unspecified atom stereocenters. The summed E-state index contributed by atoms with van der Waals surface area (Å²) in [5, 5.41) is 0. The van der Waals surface area contributed by atoms with E-state index in [1.807, 2.05) is 13.8 Å². The second-order valence-corrected chi connectivity index (χ2v) is 2.15. The Labute approximate surface area is 56.7 Å². The highest BCUT2D eigenvalue weighted by atomic mass is 16.5. The van der Waals surface area contributed by atoms with Gasteiger partial charge in [0.1, 0.15) is 0 Å². The van der Waals surface area contributed by atoms with E-state index < -0.39 is 0 Å². The van der Waals surface area contributed by atoms with Crippen molar-refractivity contribution in [3.05, 3.63) is 12.3 Å². The lowest BCUT2D eigenvalue weighted by Crippen LogP contribution is -2.15. The number of hydrogen-bond acceptors (Lipinski definition) is 2. The highest BCUT2D eigenvalue weighted by molar-refractivity contribution is 4.85. The summed E-state index contributed by atoms with van der Waals surface area (Å²) in [6.07, 6.45) is 0.758. The lowest BCUT2D eigenvalue weighted by atomic mass is 10.2. The largest absolute Gasteiger partial charge is 0.499 e. The maximum atomic E-state index is 5.48. The van der Waals surface area contributed by atoms with Gasteiger partial charge in [-0.25, -0.2) is 0 Å². The van der Waals surface area contributed by atoms with Crippen LogP contribution in [0.2, 0.25) is 0 Å². The molecular weight excluding hydrogens is 114 g/mol. The maximum Gasteiger partial charge on any atom is 0.0903 e. The molecule has 9 heavy (non-hydrogen) atoms. The molecule has 0 aliphatic heterocycles. The molecule has 1 atom stereocenters. The molecule has 2 N–H and O–H groups in total. The van der Waals surface area contributed by atoms with Crippen LogP contribution in [0.4, 0.5) is 0 Å². The average Bonchev–Trinajstić information content (AvgIpc) is 1.63. The van der Waals surface area contributed by atoms with Crippen LogP contribution in [0.25, 0.3) is 0 Å². The third-order valence-electron chi connectivity index (χ3n) is 0.898. The topological polar surface area (TPSA) is 35.2 Å². The van der Waals surface area contributed by atoms with Gasteiger partial charge in [-0.3, -0.25) is 0 Å². The highest BCUT2D eigenvalue weighted by Gasteiger charge is 1.96. The Morgan fingerprint density at radius 3 is 2.67 bits per heavy atom. The zero-order chi connectivity index (χ0) is 7.28. The van der Waals surface area contributed by atoms with Crippen LogP contribution >= 0.6 is 0 Å². The van der Waals surface area contributed by atoms with Gasteiger partial charge < -0.3 is 10.5 Å². The SMILES string of the molecule is C=C(CC(C)N)OCC. The van der Waals surface area contributed by atoms with Gasteiger partial charge in [-0.1, -0.05) is 6.58 Å². The summed E-state index contributed by atoms with van der Waals surface area (Å²) in [6, 6.07) is 0.157. The molecular formula is C7H15NO. The molecule has 2 heteroatoms. The molecule has 0 saturated heterocycles. The second-order valence-electron chi connectivity index (χ2n) is 2.15. The molecule has 0 aromatic carbocycles. The summed E-state index contributed by atoms with van der Waals surface area (Å²) in [4.78, 5) is 0. The van der Waals surface area contributed by atoms with E-state index in [1.54, 1.807) is 0 Å². The number of nitrogens with two attached hydrogens (primary N) is 1. The van der Waals surface area contributed by atoms with Crippen molar-refractivity contribution in [3.63, 3.8) is 0 Å². The minimum Gasteiger partial charge on any atom is -0.499 e. The first-order valence-corrected chi connectivity index (χ1v) is 3.23. The van der Waals surface area contributed by atoms with Crippen molar-refractivity contribution in [3.8, 4) is 0 Å². The first-order chi connectivity index (χ1) is 4.16. The van der Waals surface area contributed by atoms with E-state index in [9.17, 15) is 0 Å². The maximum absolute atomic E-state index is 5.48. The zero-order valence-corrected chi connectivity index (χ0v) is 6.18. The minimum atomic E-state index is 0.157. The van der Waals surface area contributed by atoms with Crippen LogP contribution in [0.5, 0.6) is 0 Å². The van der Waals surface area contributed by atoms with E-state index in [0.717, 1.165) is 12.2 Å². The van der Waals surface area contributed by atoms with Gasteiger partial charge in [0.15, 0.2) is 0 Å². The Hall–Kier alpha value is -0.500. The third kappa shape index (κ3) is 5.37. The van der Waals surface area contributed by atoms with Crippen molar-refractivity contribution in [2.75, 3.05) is 6.61 Å². The van der Waals surface area contributed by atoms with Gasteiger partial charge in [0.05, 0.1) is 12.4 Å². The van der Waals surface area contributed by atoms with E-state index >= 15 is 0 Å². The van der Waals surface area contributed by atoms with Gasteiger partial charge >= 0.3 is 0 Å². The summed E-state index contributed by atoms with van der Waals surface area (Å²) >= 11 is 0. The van der Waals surface area contributed by atoms with Gasteiger partial charge in [-0.05, 0) is 13.8 Å². The van der Waals surface area contributed by atoms with Gasteiger partial charge in [-0.2, -0.15) is 0 Å². The van der Waals surface area contributed by atoms with Crippen molar-refractivity contribution >= 4 is 0 Å². The van der Waals surface area contributed by atoms with Gasteiger partial charge in [0.2, 0.25) is 0 Å².